The molecule has 1 aromatic rings. The number of carbonyl (C=O) groups is 3. The molecule has 1 atom stereocenters. The van der Waals surface area contributed by atoms with Crippen LogP contribution in [0.3, 0.4) is 0 Å². The van der Waals surface area contributed by atoms with E-state index in [-0.39, 0.29) is 11.7 Å². The van der Waals surface area contributed by atoms with Gasteiger partial charge in [-0.3, -0.25) is 9.59 Å². The number of ketones is 1. The minimum absolute atomic E-state index is 0.0403. The topological polar surface area (TPSA) is 83.7 Å². The van der Waals surface area contributed by atoms with E-state index in [1.54, 1.807) is 11.8 Å². The minimum Gasteiger partial charge on any atom is -0.351 e. The van der Waals surface area contributed by atoms with E-state index in [1.165, 1.54) is 4.90 Å². The van der Waals surface area contributed by atoms with E-state index >= 15 is 0 Å². The lowest BCUT2D eigenvalue weighted by Crippen LogP contribution is -2.54. The molecule has 6 nitrogen and oxygen atoms in total. The van der Waals surface area contributed by atoms with Crippen LogP contribution in [0.15, 0.2) is 30.3 Å². The zero-order valence-electron chi connectivity index (χ0n) is 14.6. The summed E-state index contributed by atoms with van der Waals surface area (Å²) in [5.41, 5.74) is 5.89. The number of carbonyl (C=O) groups excluding carboxylic acids is 3. The van der Waals surface area contributed by atoms with Crippen LogP contribution in [0.5, 0.6) is 0 Å². The van der Waals surface area contributed by atoms with Crippen LogP contribution in [0, 0.1) is 0 Å². The highest BCUT2D eigenvalue weighted by Crippen LogP contribution is 2.37. The van der Waals surface area contributed by atoms with Gasteiger partial charge in [0.15, 0.2) is 0 Å². The van der Waals surface area contributed by atoms with Crippen molar-refractivity contribution in [3.8, 4) is 0 Å². The molecule has 0 aromatic heterocycles. The number of rotatable bonds is 3. The standard InChI is InChI=1S/C19H25N3O3/c1-14(23)19(15-6-3-2-4-7-15)9-12-21(13-10-19)17(24)16-8-5-11-22(16)18(20)25/h2-4,6-7,16H,5,8-13H2,1H3,(H2,20,25)/t16-/m1/s1. The Balaban J connectivity index is 1.73. The molecule has 0 aliphatic carbocycles. The average molecular weight is 343 g/mol. The number of Topliss-reactive ketones (excluding diaryl/α,β-unsaturated/α-hetero) is 1. The lowest BCUT2D eigenvalue weighted by Gasteiger charge is -2.41. The smallest absolute Gasteiger partial charge is 0.315 e. The Morgan fingerprint density at radius 3 is 2.28 bits per heavy atom. The summed E-state index contributed by atoms with van der Waals surface area (Å²) in [6, 6.07) is 8.83. The molecule has 3 amide bonds. The summed E-state index contributed by atoms with van der Waals surface area (Å²) < 4.78 is 0. The van der Waals surface area contributed by atoms with Gasteiger partial charge in [-0.1, -0.05) is 30.3 Å². The fourth-order valence-corrected chi connectivity index (χ4v) is 4.21. The van der Waals surface area contributed by atoms with Crippen molar-refractivity contribution in [2.45, 2.75) is 44.1 Å². The molecule has 3 rings (SSSR count). The molecule has 0 saturated carbocycles. The average Bonchev–Trinajstić information content (AvgIpc) is 3.12. The molecule has 6 heteroatoms. The van der Waals surface area contributed by atoms with E-state index in [4.69, 9.17) is 5.73 Å². The molecular weight excluding hydrogens is 318 g/mol. The van der Waals surface area contributed by atoms with Crippen LogP contribution >= 0.6 is 0 Å². The second kappa shape index (κ2) is 6.86. The molecule has 2 aliphatic rings. The Bertz CT molecular complexity index is 666. The van der Waals surface area contributed by atoms with Crippen molar-refractivity contribution in [2.75, 3.05) is 19.6 Å². The quantitative estimate of drug-likeness (QED) is 0.906. The number of hydrogen-bond donors (Lipinski definition) is 1. The number of hydrogen-bond acceptors (Lipinski definition) is 3. The van der Waals surface area contributed by atoms with Crippen molar-refractivity contribution in [1.29, 1.82) is 0 Å². The number of likely N-dealkylation sites (tertiary alicyclic amines) is 2. The molecular formula is C19H25N3O3. The third kappa shape index (κ3) is 3.13. The molecule has 0 spiro atoms. The zero-order valence-corrected chi connectivity index (χ0v) is 14.6. The van der Waals surface area contributed by atoms with E-state index in [1.807, 2.05) is 30.3 Å². The van der Waals surface area contributed by atoms with Crippen molar-refractivity contribution in [2.24, 2.45) is 5.73 Å². The molecule has 0 unspecified atom stereocenters. The van der Waals surface area contributed by atoms with Crippen LogP contribution < -0.4 is 5.73 Å². The molecule has 134 valence electrons. The Morgan fingerprint density at radius 1 is 1.08 bits per heavy atom. The van der Waals surface area contributed by atoms with Crippen LogP contribution in [0.2, 0.25) is 0 Å². The van der Waals surface area contributed by atoms with Gasteiger partial charge in [0.05, 0.1) is 5.41 Å². The summed E-state index contributed by atoms with van der Waals surface area (Å²) in [4.78, 5) is 40.0. The van der Waals surface area contributed by atoms with Crippen molar-refractivity contribution in [1.82, 2.24) is 9.80 Å². The molecule has 0 bridgehead atoms. The van der Waals surface area contributed by atoms with Gasteiger partial charge in [-0.2, -0.15) is 0 Å². The van der Waals surface area contributed by atoms with E-state index in [0.29, 0.717) is 38.9 Å². The fourth-order valence-electron chi connectivity index (χ4n) is 4.21. The highest BCUT2D eigenvalue weighted by Gasteiger charge is 2.43. The van der Waals surface area contributed by atoms with E-state index < -0.39 is 17.5 Å². The molecule has 0 radical (unpaired) electrons. The fraction of sp³-hybridized carbons (Fsp3) is 0.526. The monoisotopic (exact) mass is 343 g/mol. The highest BCUT2D eigenvalue weighted by atomic mass is 16.2. The number of urea groups is 1. The van der Waals surface area contributed by atoms with Crippen molar-refractivity contribution in [3.63, 3.8) is 0 Å². The van der Waals surface area contributed by atoms with Gasteiger partial charge in [-0.15, -0.1) is 0 Å². The van der Waals surface area contributed by atoms with Gasteiger partial charge in [0, 0.05) is 19.6 Å². The summed E-state index contributed by atoms with van der Waals surface area (Å²) in [6.07, 6.45) is 2.69. The van der Waals surface area contributed by atoms with Gasteiger partial charge in [0.25, 0.3) is 0 Å². The van der Waals surface area contributed by atoms with Crippen LogP contribution in [0.4, 0.5) is 4.79 Å². The number of nitrogens with zero attached hydrogens (tertiary/aromatic N) is 2. The molecule has 2 N–H and O–H groups in total. The molecule has 2 aliphatic heterocycles. The van der Waals surface area contributed by atoms with Gasteiger partial charge in [-0.25, -0.2) is 4.79 Å². The maximum atomic E-state index is 12.8. The maximum Gasteiger partial charge on any atom is 0.315 e. The molecule has 25 heavy (non-hydrogen) atoms. The molecule has 2 saturated heterocycles. The number of amides is 3. The molecule has 2 fully saturated rings. The van der Waals surface area contributed by atoms with Gasteiger partial charge >= 0.3 is 6.03 Å². The van der Waals surface area contributed by atoms with Crippen molar-refractivity contribution >= 4 is 17.7 Å². The van der Waals surface area contributed by atoms with Gasteiger partial charge in [0.1, 0.15) is 11.8 Å². The lowest BCUT2D eigenvalue weighted by molar-refractivity contribution is -0.138. The first-order valence-electron chi connectivity index (χ1n) is 8.87. The maximum absolute atomic E-state index is 12.8. The van der Waals surface area contributed by atoms with Gasteiger partial charge in [0.2, 0.25) is 5.91 Å². The molecule has 2 heterocycles. The summed E-state index contributed by atoms with van der Waals surface area (Å²) in [7, 11) is 0. The third-order valence-electron chi connectivity index (χ3n) is 5.75. The van der Waals surface area contributed by atoms with Crippen LogP contribution in [0.25, 0.3) is 0 Å². The van der Waals surface area contributed by atoms with Crippen LogP contribution in [0.1, 0.15) is 38.2 Å². The van der Waals surface area contributed by atoms with Crippen molar-refractivity contribution < 1.29 is 14.4 Å². The summed E-state index contributed by atoms with van der Waals surface area (Å²) in [5, 5.41) is 0. The highest BCUT2D eigenvalue weighted by molar-refractivity contribution is 5.90. The van der Waals surface area contributed by atoms with E-state index in [9.17, 15) is 14.4 Å². The number of benzene rings is 1. The van der Waals surface area contributed by atoms with Crippen LogP contribution in [-0.4, -0.2) is 53.2 Å². The summed E-state index contributed by atoms with van der Waals surface area (Å²) in [6.45, 7) is 3.23. The molecule has 1 aromatic carbocycles. The first-order chi connectivity index (χ1) is 12.0. The van der Waals surface area contributed by atoms with Gasteiger partial charge < -0.3 is 15.5 Å². The minimum atomic E-state index is -0.532. The Hall–Kier alpha value is -2.37. The van der Waals surface area contributed by atoms with Crippen LogP contribution in [-0.2, 0) is 15.0 Å². The van der Waals surface area contributed by atoms with E-state index in [0.717, 1.165) is 12.0 Å². The normalized spacial score (nSPS) is 22.7. The van der Waals surface area contributed by atoms with E-state index in [2.05, 4.69) is 0 Å². The number of primary amides is 1. The number of piperidine rings is 1. The summed E-state index contributed by atoms with van der Waals surface area (Å²) in [5.74, 6) is 0.104. The Morgan fingerprint density at radius 2 is 1.72 bits per heavy atom. The largest absolute Gasteiger partial charge is 0.351 e. The zero-order chi connectivity index (χ0) is 18.0. The first-order valence-corrected chi connectivity index (χ1v) is 8.87. The Labute approximate surface area is 148 Å². The first kappa shape index (κ1) is 17.5. The second-order valence-electron chi connectivity index (χ2n) is 7.02. The second-order valence-corrected chi connectivity index (χ2v) is 7.02. The number of nitrogens with two attached hydrogens (primary N) is 1. The Kier molecular flexibility index (Phi) is 4.79. The lowest BCUT2D eigenvalue weighted by atomic mass is 9.70. The predicted molar refractivity (Wildman–Crippen MR) is 93.9 cm³/mol. The summed E-state index contributed by atoms with van der Waals surface area (Å²) >= 11 is 0. The predicted octanol–water partition coefficient (Wildman–Crippen LogP) is 1.68. The third-order valence-corrected chi connectivity index (χ3v) is 5.75. The SMILES string of the molecule is CC(=O)C1(c2ccccc2)CCN(C(=O)[C@H]2CCCN2C(N)=O)CC1. The van der Waals surface area contributed by atoms with Crippen molar-refractivity contribution in [3.05, 3.63) is 35.9 Å². The van der Waals surface area contributed by atoms with Gasteiger partial charge in [-0.05, 0) is 38.2 Å².